The molecule has 0 bridgehead atoms. The van der Waals surface area contributed by atoms with Crippen molar-refractivity contribution < 1.29 is 19.4 Å². The summed E-state index contributed by atoms with van der Waals surface area (Å²) in [7, 11) is 0. The molecule has 25 heavy (non-hydrogen) atoms. The van der Waals surface area contributed by atoms with Gasteiger partial charge in [0.1, 0.15) is 11.5 Å². The van der Waals surface area contributed by atoms with Gasteiger partial charge in [-0.25, -0.2) is 0 Å². The fourth-order valence-corrected chi connectivity index (χ4v) is 3.00. The highest BCUT2D eigenvalue weighted by atomic mass is 16.5. The summed E-state index contributed by atoms with van der Waals surface area (Å²) >= 11 is 0. The van der Waals surface area contributed by atoms with Crippen molar-refractivity contribution in [3.63, 3.8) is 0 Å². The maximum Gasteiger partial charge on any atom is 0.310 e. The van der Waals surface area contributed by atoms with Crippen LogP contribution in [0.15, 0.2) is 54.6 Å². The van der Waals surface area contributed by atoms with Crippen molar-refractivity contribution in [3.8, 4) is 11.5 Å². The van der Waals surface area contributed by atoms with E-state index in [-0.39, 0.29) is 12.3 Å². The van der Waals surface area contributed by atoms with Gasteiger partial charge in [0.25, 0.3) is 0 Å². The molecule has 130 valence electrons. The molecular formula is C20H21NO4. The lowest BCUT2D eigenvalue weighted by molar-refractivity contribution is -0.157. The van der Waals surface area contributed by atoms with Crippen LogP contribution in [0.2, 0.25) is 0 Å². The van der Waals surface area contributed by atoms with Gasteiger partial charge in [-0.1, -0.05) is 42.8 Å². The Kier molecular flexibility index (Phi) is 5.03. The molecule has 0 spiro atoms. The van der Waals surface area contributed by atoms with Gasteiger partial charge in [0, 0.05) is 18.5 Å². The number of carboxylic acid groups (broad SMARTS) is 1. The number of carboxylic acids is 1. The third-order valence-electron chi connectivity index (χ3n) is 4.68. The van der Waals surface area contributed by atoms with Gasteiger partial charge in [-0.15, -0.1) is 0 Å². The highest BCUT2D eigenvalue weighted by molar-refractivity contribution is 5.85. The molecule has 3 rings (SSSR count). The molecule has 5 nitrogen and oxygen atoms in total. The molecule has 5 heteroatoms. The van der Waals surface area contributed by atoms with Crippen molar-refractivity contribution in [1.82, 2.24) is 5.32 Å². The Labute approximate surface area is 146 Å². The molecule has 2 aromatic rings. The number of carbonyl (C=O) groups excluding carboxylic acids is 1. The Morgan fingerprint density at radius 1 is 1.04 bits per heavy atom. The van der Waals surface area contributed by atoms with Crippen molar-refractivity contribution in [1.29, 1.82) is 0 Å². The number of hydrogen-bond donors (Lipinski definition) is 2. The first-order valence-electron chi connectivity index (χ1n) is 8.40. The van der Waals surface area contributed by atoms with Gasteiger partial charge in [-0.05, 0) is 31.0 Å². The van der Waals surface area contributed by atoms with Gasteiger partial charge in [-0.3, -0.25) is 9.59 Å². The molecule has 0 radical (unpaired) electrons. The summed E-state index contributed by atoms with van der Waals surface area (Å²) in [4.78, 5) is 23.6. The van der Waals surface area contributed by atoms with Crippen molar-refractivity contribution >= 4 is 11.9 Å². The molecule has 0 saturated heterocycles. The highest BCUT2D eigenvalue weighted by Crippen LogP contribution is 2.44. The molecule has 2 N–H and O–H groups in total. The molecule has 0 aliphatic heterocycles. The summed E-state index contributed by atoms with van der Waals surface area (Å²) in [5.74, 6) is 0.282. The van der Waals surface area contributed by atoms with E-state index >= 15 is 0 Å². The number of aliphatic carboxylic acids is 1. The monoisotopic (exact) mass is 339 g/mol. The molecule has 0 unspecified atom stereocenters. The standard InChI is InChI=1S/C20H21NO4/c22-18(13-20(19(23)24)11-6-12-20)21-14-15-7-4-5-10-17(15)25-16-8-2-1-3-9-16/h1-5,7-10H,6,11-14H2,(H,21,22)(H,23,24). The third kappa shape index (κ3) is 3.99. The number of para-hydroxylation sites is 2. The summed E-state index contributed by atoms with van der Waals surface area (Å²) in [6.07, 6.45) is 2.05. The van der Waals surface area contributed by atoms with Gasteiger partial charge in [0.2, 0.25) is 5.91 Å². The van der Waals surface area contributed by atoms with E-state index in [2.05, 4.69) is 5.32 Å². The molecule has 1 saturated carbocycles. The van der Waals surface area contributed by atoms with E-state index in [4.69, 9.17) is 4.74 Å². The molecular weight excluding hydrogens is 318 g/mol. The van der Waals surface area contributed by atoms with Crippen molar-refractivity contribution in [2.24, 2.45) is 5.41 Å². The van der Waals surface area contributed by atoms with Gasteiger partial charge < -0.3 is 15.2 Å². The Morgan fingerprint density at radius 3 is 2.36 bits per heavy atom. The molecule has 0 heterocycles. The summed E-state index contributed by atoms with van der Waals surface area (Å²) in [6.45, 7) is 0.303. The number of carbonyl (C=O) groups is 2. The first kappa shape index (κ1) is 17.0. The largest absolute Gasteiger partial charge is 0.481 e. The Balaban J connectivity index is 1.61. The van der Waals surface area contributed by atoms with Crippen LogP contribution in [-0.2, 0) is 16.1 Å². The number of benzene rings is 2. The van der Waals surface area contributed by atoms with Crippen LogP contribution in [-0.4, -0.2) is 17.0 Å². The number of amides is 1. The Morgan fingerprint density at radius 2 is 1.72 bits per heavy atom. The van der Waals surface area contributed by atoms with Gasteiger partial charge in [-0.2, -0.15) is 0 Å². The summed E-state index contributed by atoms with van der Waals surface area (Å²) in [6, 6.07) is 16.9. The zero-order valence-electron chi connectivity index (χ0n) is 13.9. The van der Waals surface area contributed by atoms with Gasteiger partial charge in [0.05, 0.1) is 5.41 Å². The molecule has 1 fully saturated rings. The Bertz CT molecular complexity index is 753. The van der Waals surface area contributed by atoms with Crippen molar-refractivity contribution in [2.75, 3.05) is 0 Å². The third-order valence-corrected chi connectivity index (χ3v) is 4.68. The van der Waals surface area contributed by atoms with Crippen LogP contribution in [0.25, 0.3) is 0 Å². The average molecular weight is 339 g/mol. The van der Waals surface area contributed by atoms with Gasteiger partial charge >= 0.3 is 5.97 Å². The van der Waals surface area contributed by atoms with Crippen LogP contribution >= 0.6 is 0 Å². The fourth-order valence-electron chi connectivity index (χ4n) is 3.00. The van der Waals surface area contributed by atoms with Crippen LogP contribution < -0.4 is 10.1 Å². The minimum atomic E-state index is -0.873. The quantitative estimate of drug-likeness (QED) is 0.806. The Hall–Kier alpha value is -2.82. The lowest BCUT2D eigenvalue weighted by Crippen LogP contribution is -2.42. The molecule has 1 aliphatic rings. The number of rotatable bonds is 7. The van der Waals surface area contributed by atoms with E-state index in [1.807, 2.05) is 54.6 Å². The lowest BCUT2D eigenvalue weighted by atomic mass is 9.66. The fraction of sp³-hybridized carbons (Fsp3) is 0.300. The van der Waals surface area contributed by atoms with Crippen molar-refractivity contribution in [3.05, 3.63) is 60.2 Å². The van der Waals surface area contributed by atoms with Crippen LogP contribution in [0.3, 0.4) is 0 Å². The van der Waals surface area contributed by atoms with Crippen LogP contribution in [0, 0.1) is 5.41 Å². The maximum absolute atomic E-state index is 12.2. The number of nitrogens with one attached hydrogen (secondary N) is 1. The highest BCUT2D eigenvalue weighted by Gasteiger charge is 2.45. The zero-order valence-corrected chi connectivity index (χ0v) is 13.9. The normalized spacial score (nSPS) is 15.0. The molecule has 0 atom stereocenters. The topological polar surface area (TPSA) is 75.6 Å². The molecule has 1 aliphatic carbocycles. The predicted octanol–water partition coefficient (Wildman–Crippen LogP) is 3.74. The zero-order chi connectivity index (χ0) is 17.7. The number of hydrogen-bond acceptors (Lipinski definition) is 3. The molecule has 1 amide bonds. The lowest BCUT2D eigenvalue weighted by Gasteiger charge is -2.36. The van der Waals surface area contributed by atoms with E-state index < -0.39 is 11.4 Å². The van der Waals surface area contributed by atoms with E-state index in [1.165, 1.54) is 0 Å². The summed E-state index contributed by atoms with van der Waals surface area (Å²) < 4.78 is 5.87. The van der Waals surface area contributed by atoms with E-state index in [9.17, 15) is 14.7 Å². The first-order chi connectivity index (χ1) is 12.1. The van der Waals surface area contributed by atoms with Crippen LogP contribution in [0.5, 0.6) is 11.5 Å². The maximum atomic E-state index is 12.2. The molecule has 2 aromatic carbocycles. The average Bonchev–Trinajstić information content (AvgIpc) is 2.58. The van der Waals surface area contributed by atoms with E-state index in [1.54, 1.807) is 0 Å². The van der Waals surface area contributed by atoms with E-state index in [0.29, 0.717) is 25.1 Å². The second-order valence-corrected chi connectivity index (χ2v) is 6.42. The summed E-state index contributed by atoms with van der Waals surface area (Å²) in [5.41, 5.74) is -0.0258. The second-order valence-electron chi connectivity index (χ2n) is 6.42. The number of ether oxygens (including phenoxy) is 1. The smallest absolute Gasteiger partial charge is 0.310 e. The predicted molar refractivity (Wildman–Crippen MR) is 93.3 cm³/mol. The van der Waals surface area contributed by atoms with E-state index in [0.717, 1.165) is 17.7 Å². The van der Waals surface area contributed by atoms with Crippen LogP contribution in [0.4, 0.5) is 0 Å². The SMILES string of the molecule is O=C(CC1(C(=O)O)CCC1)NCc1ccccc1Oc1ccccc1. The second kappa shape index (κ2) is 7.38. The van der Waals surface area contributed by atoms with Crippen molar-refractivity contribution in [2.45, 2.75) is 32.2 Å². The minimum Gasteiger partial charge on any atom is -0.481 e. The molecule has 0 aromatic heterocycles. The van der Waals surface area contributed by atoms with Gasteiger partial charge in [0.15, 0.2) is 0 Å². The minimum absolute atomic E-state index is 0.0318. The first-order valence-corrected chi connectivity index (χ1v) is 8.40. The summed E-state index contributed by atoms with van der Waals surface area (Å²) in [5, 5.41) is 12.1. The van der Waals surface area contributed by atoms with Crippen LogP contribution in [0.1, 0.15) is 31.2 Å².